The fourth-order valence-corrected chi connectivity index (χ4v) is 2.46. The maximum atomic E-state index is 12.3. The summed E-state index contributed by atoms with van der Waals surface area (Å²) in [6.45, 7) is 2.08. The fraction of sp³-hybridized carbons (Fsp3) is 0.474. The number of rotatable bonds is 8. The summed E-state index contributed by atoms with van der Waals surface area (Å²) in [7, 11) is 0. The third kappa shape index (κ3) is 4.46. The van der Waals surface area contributed by atoms with Crippen molar-refractivity contribution in [3.8, 4) is 6.07 Å². The lowest BCUT2D eigenvalue weighted by Gasteiger charge is -2.20. The molecule has 0 heterocycles. The van der Waals surface area contributed by atoms with Gasteiger partial charge in [0.2, 0.25) is 0 Å². The van der Waals surface area contributed by atoms with Crippen molar-refractivity contribution in [1.82, 2.24) is 0 Å². The summed E-state index contributed by atoms with van der Waals surface area (Å²) in [6.07, 6.45) is 8.26. The average molecular weight is 297 g/mol. The van der Waals surface area contributed by atoms with Gasteiger partial charge < -0.3 is 4.74 Å². The minimum absolute atomic E-state index is 0.304. The number of ether oxygens (including phenoxy) is 1. The van der Waals surface area contributed by atoms with E-state index in [-0.39, 0.29) is 0 Å². The van der Waals surface area contributed by atoms with Gasteiger partial charge in [0, 0.05) is 0 Å². The summed E-state index contributed by atoms with van der Waals surface area (Å²) < 4.78 is 5.14. The highest BCUT2D eigenvalue weighted by Crippen LogP contribution is 2.34. The Morgan fingerprint density at radius 3 is 2.73 bits per heavy atom. The van der Waals surface area contributed by atoms with Crippen molar-refractivity contribution in [2.75, 3.05) is 6.61 Å². The predicted octanol–water partition coefficient (Wildman–Crippen LogP) is 4.05. The first kappa shape index (κ1) is 16.3. The van der Waals surface area contributed by atoms with Gasteiger partial charge in [0.1, 0.15) is 0 Å². The van der Waals surface area contributed by atoms with Gasteiger partial charge in [-0.25, -0.2) is 4.79 Å². The summed E-state index contributed by atoms with van der Waals surface area (Å²) in [6, 6.07) is 12.3. The van der Waals surface area contributed by atoms with Crippen LogP contribution in [-0.2, 0) is 16.0 Å². The summed E-state index contributed by atoms with van der Waals surface area (Å²) in [4.78, 5) is 12.3. The zero-order valence-corrected chi connectivity index (χ0v) is 13.1. The van der Waals surface area contributed by atoms with Crippen LogP contribution >= 0.6 is 0 Å². The minimum Gasteiger partial charge on any atom is -0.465 e. The van der Waals surface area contributed by atoms with Gasteiger partial charge in [0.15, 0.2) is 5.41 Å². The molecule has 116 valence electrons. The van der Waals surface area contributed by atoms with E-state index in [1.54, 1.807) is 13.0 Å². The number of benzene rings is 1. The first-order valence-corrected chi connectivity index (χ1v) is 8.02. The number of aryl methyl sites for hydroxylation is 1. The molecule has 1 aliphatic rings. The molecule has 0 aromatic heterocycles. The highest BCUT2D eigenvalue weighted by atomic mass is 16.5. The van der Waals surface area contributed by atoms with Crippen molar-refractivity contribution in [2.45, 2.75) is 39.0 Å². The molecule has 22 heavy (non-hydrogen) atoms. The normalized spacial score (nSPS) is 16.9. The van der Waals surface area contributed by atoms with Crippen LogP contribution in [0.25, 0.3) is 0 Å². The molecule has 2 rings (SSSR count). The molecule has 1 saturated carbocycles. The largest absolute Gasteiger partial charge is 0.465 e. The number of carbonyl (C=O) groups excluding carboxylic acids is 1. The zero-order chi connectivity index (χ0) is 15.8. The highest BCUT2D eigenvalue weighted by molar-refractivity contribution is 5.82. The van der Waals surface area contributed by atoms with Gasteiger partial charge in [-0.1, -0.05) is 42.5 Å². The van der Waals surface area contributed by atoms with Gasteiger partial charge in [-0.05, 0) is 50.5 Å². The van der Waals surface area contributed by atoms with Crippen molar-refractivity contribution in [3.05, 3.63) is 48.0 Å². The highest BCUT2D eigenvalue weighted by Gasteiger charge is 2.38. The number of carbonyl (C=O) groups is 1. The molecule has 0 radical (unpaired) electrons. The van der Waals surface area contributed by atoms with E-state index in [1.165, 1.54) is 5.56 Å². The summed E-state index contributed by atoms with van der Waals surface area (Å²) in [5, 5.41) is 9.60. The lowest BCUT2D eigenvalue weighted by Crippen LogP contribution is -2.30. The van der Waals surface area contributed by atoms with Crippen molar-refractivity contribution in [3.63, 3.8) is 0 Å². The molecule has 0 aliphatic heterocycles. The van der Waals surface area contributed by atoms with Crippen LogP contribution in [0.4, 0.5) is 0 Å². The Hall–Kier alpha value is -2.08. The molecular formula is C19H23NO2. The third-order valence-corrected chi connectivity index (χ3v) is 3.99. The van der Waals surface area contributed by atoms with Crippen LogP contribution < -0.4 is 0 Å². The van der Waals surface area contributed by atoms with E-state index < -0.39 is 11.4 Å². The van der Waals surface area contributed by atoms with Crippen molar-refractivity contribution in [2.24, 2.45) is 11.3 Å². The molecule has 1 fully saturated rings. The van der Waals surface area contributed by atoms with Crippen molar-refractivity contribution in [1.29, 1.82) is 5.26 Å². The number of hydrogen-bond donors (Lipinski definition) is 0. The Morgan fingerprint density at radius 1 is 1.41 bits per heavy atom. The molecule has 1 aliphatic carbocycles. The number of esters is 1. The zero-order valence-electron chi connectivity index (χ0n) is 13.1. The second-order valence-corrected chi connectivity index (χ2v) is 5.84. The fourth-order valence-electron chi connectivity index (χ4n) is 2.46. The summed E-state index contributed by atoms with van der Waals surface area (Å²) in [5.74, 6) is 0.124. The predicted molar refractivity (Wildman–Crippen MR) is 85.9 cm³/mol. The number of nitrogens with zero attached hydrogens (tertiary/aromatic N) is 1. The quantitative estimate of drug-likeness (QED) is 0.537. The van der Waals surface area contributed by atoms with Crippen molar-refractivity contribution < 1.29 is 9.53 Å². The molecule has 1 aromatic rings. The number of hydrogen-bond acceptors (Lipinski definition) is 3. The molecule has 3 nitrogen and oxygen atoms in total. The van der Waals surface area contributed by atoms with Gasteiger partial charge in [-0.2, -0.15) is 5.26 Å². The van der Waals surface area contributed by atoms with Crippen LogP contribution in [0.2, 0.25) is 0 Å². The second-order valence-electron chi connectivity index (χ2n) is 5.84. The van der Waals surface area contributed by atoms with Gasteiger partial charge in [-0.3, -0.25) is 0 Å². The molecule has 0 unspecified atom stereocenters. The summed E-state index contributed by atoms with van der Waals surface area (Å²) in [5.41, 5.74) is 0.0947. The average Bonchev–Trinajstić information content (AvgIpc) is 3.36. The molecular weight excluding hydrogens is 274 g/mol. The Labute approximate surface area is 132 Å². The lowest BCUT2D eigenvalue weighted by molar-refractivity contribution is -0.149. The van der Waals surface area contributed by atoms with E-state index >= 15 is 0 Å². The summed E-state index contributed by atoms with van der Waals surface area (Å²) >= 11 is 0. The first-order valence-electron chi connectivity index (χ1n) is 8.02. The van der Waals surface area contributed by atoms with E-state index in [9.17, 15) is 10.1 Å². The van der Waals surface area contributed by atoms with Crippen LogP contribution in [0.3, 0.4) is 0 Å². The van der Waals surface area contributed by atoms with E-state index in [2.05, 4.69) is 18.2 Å². The SMILES string of the molecule is CCOC(=O)[C@](C#N)(/C=C/C1CC1)CCCc1ccccc1. The Bertz CT molecular complexity index is 555. The first-order chi connectivity index (χ1) is 10.7. The van der Waals surface area contributed by atoms with Crippen LogP contribution in [0, 0.1) is 22.7 Å². The van der Waals surface area contributed by atoms with Crippen LogP contribution in [-0.4, -0.2) is 12.6 Å². The molecule has 0 bridgehead atoms. The molecule has 0 N–H and O–H groups in total. The molecule has 1 atom stereocenters. The number of nitriles is 1. The van der Waals surface area contributed by atoms with Gasteiger partial charge in [0.25, 0.3) is 0 Å². The maximum Gasteiger partial charge on any atom is 0.330 e. The van der Waals surface area contributed by atoms with E-state index in [4.69, 9.17) is 4.74 Å². The van der Waals surface area contributed by atoms with Gasteiger partial charge >= 0.3 is 5.97 Å². The Balaban J connectivity index is 2.02. The molecule has 3 heteroatoms. The molecule has 0 saturated heterocycles. The maximum absolute atomic E-state index is 12.3. The van der Waals surface area contributed by atoms with Crippen LogP contribution in [0.5, 0.6) is 0 Å². The second kappa shape index (κ2) is 7.79. The Kier molecular flexibility index (Phi) is 5.77. The minimum atomic E-state index is -1.13. The van der Waals surface area contributed by atoms with Crippen LogP contribution in [0.1, 0.15) is 38.2 Å². The van der Waals surface area contributed by atoms with E-state index in [0.29, 0.717) is 18.9 Å². The van der Waals surface area contributed by atoms with Crippen LogP contribution in [0.15, 0.2) is 42.5 Å². The molecule has 0 spiro atoms. The molecule has 0 amide bonds. The third-order valence-electron chi connectivity index (χ3n) is 3.99. The van der Waals surface area contributed by atoms with E-state index in [0.717, 1.165) is 25.7 Å². The smallest absolute Gasteiger partial charge is 0.330 e. The monoisotopic (exact) mass is 297 g/mol. The number of allylic oxidation sites excluding steroid dienone is 1. The standard InChI is InChI=1S/C19H23NO2/c1-2-22-18(21)19(15-20,14-12-17-10-11-17)13-6-9-16-7-4-3-5-8-16/h3-5,7-8,12,14,17H,2,6,9-11,13H2,1H3/b14-12+/t19-/m0/s1. The topological polar surface area (TPSA) is 50.1 Å². The van der Waals surface area contributed by atoms with Crippen molar-refractivity contribution >= 4 is 5.97 Å². The molecule has 1 aromatic carbocycles. The lowest BCUT2D eigenvalue weighted by atomic mass is 9.83. The van der Waals surface area contributed by atoms with E-state index in [1.807, 2.05) is 24.3 Å². The Morgan fingerprint density at radius 2 is 2.14 bits per heavy atom. The van der Waals surface area contributed by atoms with Gasteiger partial charge in [0.05, 0.1) is 12.7 Å². The van der Waals surface area contributed by atoms with Gasteiger partial charge in [-0.15, -0.1) is 0 Å².